The molecule has 26 heavy (non-hydrogen) atoms. The van der Waals surface area contributed by atoms with Crippen molar-refractivity contribution in [2.24, 2.45) is 0 Å². The van der Waals surface area contributed by atoms with Gasteiger partial charge in [-0.3, -0.25) is 0 Å². The van der Waals surface area contributed by atoms with E-state index in [1.54, 1.807) is 0 Å². The Bertz CT molecular complexity index is 96.8. The Morgan fingerprint density at radius 2 is 1.00 bits per heavy atom. The lowest BCUT2D eigenvalue weighted by Crippen LogP contribution is -1.60. The Labute approximate surface area is 188 Å². The summed E-state index contributed by atoms with van der Waals surface area (Å²) in [5, 5.41) is 0. The Balaban J connectivity index is -0.0000000245. The highest BCUT2D eigenvalue weighted by molar-refractivity contribution is 8.43. The molecule has 0 saturated heterocycles. The number of rotatable bonds is 4. The molecule has 0 spiro atoms. The van der Waals surface area contributed by atoms with Crippen LogP contribution in [0.5, 0.6) is 0 Å². The quantitative estimate of drug-likeness (QED) is 0.265. The van der Waals surface area contributed by atoms with Gasteiger partial charge in [0.1, 0.15) is 0 Å². The van der Waals surface area contributed by atoms with Gasteiger partial charge in [0.25, 0.3) is 0 Å². The van der Waals surface area contributed by atoms with Gasteiger partial charge in [0.15, 0.2) is 0 Å². The molecule has 0 aliphatic heterocycles. The van der Waals surface area contributed by atoms with Crippen LogP contribution in [-0.4, -0.2) is 27.3 Å². The highest BCUT2D eigenvalue weighted by Crippen LogP contribution is 2.48. The molecule has 8 heteroatoms. The normalized spacial score (nSPS) is 7.35. The molecular formula is C18H58BP7. The molecule has 0 aromatic heterocycles. The van der Waals surface area contributed by atoms with E-state index < -0.39 is 0 Å². The Morgan fingerprint density at radius 3 is 1.00 bits per heavy atom. The third-order valence-electron chi connectivity index (χ3n) is 1.37. The second kappa shape index (κ2) is 90.6. The molecule has 0 rings (SSSR count). The standard InChI is InChI=1S/C5H12.C4H10.C3H8.C2H6BP.C2H6.CH7P3.CH6P2.H3P/c1-3-5-4-2;1-3-4-2;1-3-2;3-1-2-4;1-2;1-4(2)3;1-3-2;/h3-5H2,1-2H3;3-4H2,1-2H3;3H2,1-2H3;1-2,4H2;1-2H3;2-3H2,1H3;3H,2H2,1H3;1H3. The van der Waals surface area contributed by atoms with Crippen LogP contribution < -0.4 is 0 Å². The monoisotopic (exact) mass is 502 g/mol. The van der Waals surface area contributed by atoms with Crippen molar-refractivity contribution in [3.05, 3.63) is 0 Å². The first kappa shape index (κ1) is 51.6. The summed E-state index contributed by atoms with van der Waals surface area (Å²) in [4.78, 5) is 0. The maximum Gasteiger partial charge on any atom is 0.0657 e. The van der Waals surface area contributed by atoms with Gasteiger partial charge in [-0.05, 0) is 19.5 Å². The van der Waals surface area contributed by atoms with E-state index in [9.17, 15) is 0 Å². The summed E-state index contributed by atoms with van der Waals surface area (Å²) in [5.41, 5.74) is 0. The van der Waals surface area contributed by atoms with E-state index in [1.807, 2.05) is 13.8 Å². The van der Waals surface area contributed by atoms with Crippen molar-refractivity contribution in [2.75, 3.05) is 19.5 Å². The molecule has 0 N–H and O–H groups in total. The lowest BCUT2D eigenvalue weighted by atomic mass is 10.1. The largest absolute Gasteiger partial charge is 0.153 e. The van der Waals surface area contributed by atoms with Crippen LogP contribution in [0.1, 0.15) is 93.9 Å². The lowest BCUT2D eigenvalue weighted by molar-refractivity contribution is 0.772. The predicted octanol–water partition coefficient (Wildman–Crippen LogP) is 9.71. The lowest BCUT2D eigenvalue weighted by Gasteiger charge is -1.81. The Morgan fingerprint density at radius 1 is 0.846 bits per heavy atom. The topological polar surface area (TPSA) is 0 Å². The van der Waals surface area contributed by atoms with E-state index in [2.05, 4.69) is 90.9 Å². The van der Waals surface area contributed by atoms with Gasteiger partial charge in [0, 0.05) is 0 Å². The van der Waals surface area contributed by atoms with Gasteiger partial charge in [0.2, 0.25) is 0 Å². The third-order valence-corrected chi connectivity index (χ3v) is 1.71. The molecule has 0 aromatic rings. The minimum atomic E-state index is 0. The van der Waals surface area contributed by atoms with Gasteiger partial charge in [0.05, 0.1) is 7.85 Å². The van der Waals surface area contributed by atoms with Crippen LogP contribution in [0.4, 0.5) is 0 Å². The minimum absolute atomic E-state index is 0. The van der Waals surface area contributed by atoms with E-state index >= 15 is 0 Å². The van der Waals surface area contributed by atoms with Crippen molar-refractivity contribution >= 4 is 69.3 Å². The Kier molecular flexibility index (Phi) is 180. The summed E-state index contributed by atoms with van der Waals surface area (Å²) in [6, 6.07) is 0. The molecule has 6 atom stereocenters. The summed E-state index contributed by atoms with van der Waals surface area (Å²) in [7, 11) is 16.7. The molecule has 0 amide bonds. The third kappa shape index (κ3) is 368. The van der Waals surface area contributed by atoms with E-state index in [1.165, 1.54) is 38.5 Å². The van der Waals surface area contributed by atoms with Crippen molar-refractivity contribution in [2.45, 2.75) is 100 Å². The van der Waals surface area contributed by atoms with Gasteiger partial charge in [-0.25, -0.2) is 0 Å². The summed E-state index contributed by atoms with van der Waals surface area (Å²) in [6.07, 6.45) is 9.76. The van der Waals surface area contributed by atoms with Crippen LogP contribution in [0.25, 0.3) is 0 Å². The summed E-state index contributed by atoms with van der Waals surface area (Å²) in [5.74, 6) is 0. The van der Waals surface area contributed by atoms with Crippen molar-refractivity contribution in [1.82, 2.24) is 0 Å². The highest BCUT2D eigenvalue weighted by Gasteiger charge is 1.68. The van der Waals surface area contributed by atoms with Crippen LogP contribution in [-0.2, 0) is 0 Å². The second-order valence-corrected chi connectivity index (χ2v) is 15.5. The molecule has 2 radical (unpaired) electrons. The van der Waals surface area contributed by atoms with Crippen molar-refractivity contribution in [3.63, 3.8) is 0 Å². The van der Waals surface area contributed by atoms with Gasteiger partial charge < -0.3 is 0 Å². The zero-order valence-electron chi connectivity index (χ0n) is 20.2. The molecule has 0 aliphatic rings. The van der Waals surface area contributed by atoms with Crippen LogP contribution in [0.3, 0.4) is 0 Å². The van der Waals surface area contributed by atoms with Crippen molar-refractivity contribution < 1.29 is 0 Å². The van der Waals surface area contributed by atoms with Crippen molar-refractivity contribution in [1.29, 1.82) is 0 Å². The fourth-order valence-electron chi connectivity index (χ4n) is 0.354. The maximum atomic E-state index is 5.01. The average Bonchev–Trinajstić information content (AvgIpc) is 2.59. The number of hydrogen-bond acceptors (Lipinski definition) is 0. The van der Waals surface area contributed by atoms with Crippen molar-refractivity contribution in [3.8, 4) is 0 Å². The smallest absolute Gasteiger partial charge is 0.0657 e. The molecule has 0 nitrogen and oxygen atoms in total. The van der Waals surface area contributed by atoms with E-state index in [4.69, 9.17) is 7.85 Å². The molecule has 0 bridgehead atoms. The van der Waals surface area contributed by atoms with Crippen LogP contribution in [0.15, 0.2) is 0 Å². The first-order valence-corrected chi connectivity index (χ1v) is 19.0. The molecule has 6 unspecified atom stereocenters. The summed E-state index contributed by atoms with van der Waals surface area (Å²) < 4.78 is 0. The second-order valence-electron chi connectivity index (χ2n) is 4.59. The zero-order chi connectivity index (χ0) is 21.9. The molecule has 168 valence electrons. The fraction of sp³-hybridized carbons (Fsp3) is 1.00. The van der Waals surface area contributed by atoms with E-state index in [-0.39, 0.29) is 17.2 Å². The van der Waals surface area contributed by atoms with E-state index in [0.29, 0.717) is 0 Å². The average molecular weight is 502 g/mol. The highest BCUT2D eigenvalue weighted by atomic mass is 32.4. The fourth-order valence-corrected chi connectivity index (χ4v) is 0.354. The molecule has 0 fully saturated rings. The molecule has 0 heterocycles. The molecule has 0 saturated carbocycles. The number of hydrogen-bond donors (Lipinski definition) is 0. The number of unbranched alkanes of at least 4 members (excludes halogenated alkanes) is 3. The van der Waals surface area contributed by atoms with Gasteiger partial charge >= 0.3 is 0 Å². The van der Waals surface area contributed by atoms with Gasteiger partial charge in [-0.15, -0.1) is 44.3 Å². The zero-order valence-corrected chi connectivity index (χ0v) is 28.1. The molecular weight excluding hydrogens is 444 g/mol. The predicted molar refractivity (Wildman–Crippen MR) is 166 cm³/mol. The maximum absolute atomic E-state index is 5.01. The molecule has 0 aromatic carbocycles. The van der Waals surface area contributed by atoms with Crippen LogP contribution in [0, 0.1) is 0 Å². The summed E-state index contributed by atoms with van der Waals surface area (Å²) >= 11 is 0. The van der Waals surface area contributed by atoms with Gasteiger partial charge in [-0.1, -0.05) is 108 Å². The summed E-state index contributed by atoms with van der Waals surface area (Å²) in [6.45, 7) is 21.3. The molecule has 0 aliphatic carbocycles. The van der Waals surface area contributed by atoms with E-state index in [0.717, 1.165) is 20.8 Å². The Hall–Kier alpha value is 3.07. The minimum Gasteiger partial charge on any atom is -0.153 e. The van der Waals surface area contributed by atoms with Gasteiger partial charge in [-0.2, -0.15) is 9.90 Å². The first-order chi connectivity index (χ1) is 11.8. The SMILES string of the molecule is CC.CCC.CCCC.CCCCC.CP(P)P.CPP.P.[B]CCP. The van der Waals surface area contributed by atoms with Crippen LogP contribution in [0.2, 0.25) is 6.32 Å². The first-order valence-electron chi connectivity index (χ1n) is 9.81. The van der Waals surface area contributed by atoms with Crippen LogP contribution >= 0.6 is 61.5 Å².